The third kappa shape index (κ3) is 6.65. The molecule has 1 N–H and O–H groups in total. The van der Waals surface area contributed by atoms with E-state index in [1.54, 1.807) is 29.1 Å². The summed E-state index contributed by atoms with van der Waals surface area (Å²) in [5.74, 6) is 0.144. The van der Waals surface area contributed by atoms with Gasteiger partial charge in [0, 0.05) is 38.2 Å². The monoisotopic (exact) mass is 588 g/mol. The maximum Gasteiger partial charge on any atom is 0.265 e. The Hall–Kier alpha value is -4.18. The van der Waals surface area contributed by atoms with Gasteiger partial charge in [0.05, 0.1) is 30.3 Å². The number of thiazole rings is 1. The highest BCUT2D eigenvalue weighted by atomic mass is 32.1. The van der Waals surface area contributed by atoms with Gasteiger partial charge in [-0.3, -0.25) is 14.4 Å². The van der Waals surface area contributed by atoms with Gasteiger partial charge in [-0.15, -0.1) is 11.3 Å². The zero-order valence-corrected chi connectivity index (χ0v) is 25.0. The molecule has 2 bridgehead atoms. The molecule has 3 amide bonds. The molecule has 10 heteroatoms. The van der Waals surface area contributed by atoms with Crippen LogP contribution in [0.15, 0.2) is 54.6 Å². The molecule has 0 aliphatic carbocycles. The van der Waals surface area contributed by atoms with E-state index in [0.717, 1.165) is 21.8 Å². The van der Waals surface area contributed by atoms with Gasteiger partial charge < -0.3 is 24.6 Å². The zero-order chi connectivity index (χ0) is 29.6. The number of aromatic nitrogens is 1. The molecule has 2 aliphatic rings. The molecule has 42 heavy (non-hydrogen) atoms. The van der Waals surface area contributed by atoms with E-state index in [9.17, 15) is 14.4 Å². The highest BCUT2D eigenvalue weighted by Gasteiger charge is 2.40. The topological polar surface area (TPSA) is 101 Å². The molecule has 220 valence electrons. The predicted molar refractivity (Wildman–Crippen MR) is 162 cm³/mol. The number of likely N-dealkylation sites (tertiary alicyclic amines) is 1. The van der Waals surface area contributed by atoms with Gasteiger partial charge in [0.15, 0.2) is 11.5 Å². The Morgan fingerprint density at radius 2 is 1.86 bits per heavy atom. The Bertz CT molecular complexity index is 1470. The minimum atomic E-state index is -0.427. The second-order valence-electron chi connectivity index (χ2n) is 10.5. The lowest BCUT2D eigenvalue weighted by Gasteiger charge is -2.25. The average Bonchev–Trinajstić information content (AvgIpc) is 3.59. The molecular weight excluding hydrogens is 552 g/mol. The molecule has 0 unspecified atom stereocenters. The molecule has 3 heterocycles. The fourth-order valence-corrected chi connectivity index (χ4v) is 6.42. The molecule has 2 aliphatic heterocycles. The summed E-state index contributed by atoms with van der Waals surface area (Å²) in [7, 11) is 1.58. The summed E-state index contributed by atoms with van der Waals surface area (Å²) < 4.78 is 11.7. The Morgan fingerprint density at radius 3 is 2.60 bits per heavy atom. The SMILES string of the molecule is COc1ccc2cc1OCCN(C(=O)c1sc(C)nc1C)CCCNC(=O)[C@H]1CN(C(=O)C=Cc3ccccc3)C[C@H]21. The number of methoxy groups -OCH3 is 1. The lowest BCUT2D eigenvalue weighted by atomic mass is 9.88. The van der Waals surface area contributed by atoms with Crippen molar-refractivity contribution in [1.82, 2.24) is 20.1 Å². The summed E-state index contributed by atoms with van der Waals surface area (Å²) in [4.78, 5) is 48.6. The average molecular weight is 589 g/mol. The Balaban J connectivity index is 1.38. The molecule has 1 saturated heterocycles. The molecule has 3 aromatic rings. The van der Waals surface area contributed by atoms with Crippen LogP contribution in [-0.2, 0) is 9.59 Å². The zero-order valence-electron chi connectivity index (χ0n) is 24.2. The van der Waals surface area contributed by atoms with E-state index in [1.165, 1.54) is 11.3 Å². The number of aryl methyl sites for hydroxylation is 2. The van der Waals surface area contributed by atoms with Gasteiger partial charge >= 0.3 is 0 Å². The van der Waals surface area contributed by atoms with E-state index < -0.39 is 5.92 Å². The second-order valence-corrected chi connectivity index (χ2v) is 11.7. The Labute approximate surface area is 250 Å². The van der Waals surface area contributed by atoms with E-state index in [2.05, 4.69) is 10.3 Å². The summed E-state index contributed by atoms with van der Waals surface area (Å²) in [6.45, 7) is 5.98. The summed E-state index contributed by atoms with van der Waals surface area (Å²) in [5, 5.41) is 3.92. The first kappa shape index (κ1) is 29.3. The predicted octanol–water partition coefficient (Wildman–Crippen LogP) is 4.07. The van der Waals surface area contributed by atoms with Crippen molar-refractivity contribution in [2.24, 2.45) is 5.92 Å². The minimum absolute atomic E-state index is 0.0885. The van der Waals surface area contributed by atoms with Gasteiger partial charge in [-0.05, 0) is 49.6 Å². The Morgan fingerprint density at radius 1 is 1.07 bits per heavy atom. The van der Waals surface area contributed by atoms with E-state index in [0.29, 0.717) is 55.5 Å². The smallest absolute Gasteiger partial charge is 0.265 e. The summed E-state index contributed by atoms with van der Waals surface area (Å²) in [6, 6.07) is 15.3. The van der Waals surface area contributed by atoms with Crippen LogP contribution in [0.3, 0.4) is 0 Å². The largest absolute Gasteiger partial charge is 0.493 e. The van der Waals surface area contributed by atoms with Crippen molar-refractivity contribution >= 4 is 35.1 Å². The lowest BCUT2D eigenvalue weighted by Crippen LogP contribution is -2.39. The number of rotatable bonds is 4. The van der Waals surface area contributed by atoms with Gasteiger partial charge in [-0.25, -0.2) is 4.98 Å². The van der Waals surface area contributed by atoms with E-state index >= 15 is 0 Å². The summed E-state index contributed by atoms with van der Waals surface area (Å²) >= 11 is 1.39. The fourth-order valence-electron chi connectivity index (χ4n) is 5.53. The van der Waals surface area contributed by atoms with Crippen LogP contribution in [0.5, 0.6) is 11.5 Å². The molecular formula is C32H36N4O5S. The molecule has 0 spiro atoms. The van der Waals surface area contributed by atoms with Crippen LogP contribution < -0.4 is 14.8 Å². The fraction of sp³-hybridized carbons (Fsp3) is 0.375. The van der Waals surface area contributed by atoms with Gasteiger partial charge in [-0.1, -0.05) is 36.4 Å². The van der Waals surface area contributed by atoms with E-state index in [1.807, 2.05) is 62.4 Å². The second kappa shape index (κ2) is 13.2. The van der Waals surface area contributed by atoms with Crippen LogP contribution >= 0.6 is 11.3 Å². The third-order valence-corrected chi connectivity index (χ3v) is 8.77. The Kier molecular flexibility index (Phi) is 9.22. The quantitative estimate of drug-likeness (QED) is 0.462. The van der Waals surface area contributed by atoms with Crippen molar-refractivity contribution < 1.29 is 23.9 Å². The number of nitrogens with zero attached hydrogens (tertiary/aromatic N) is 3. The number of amides is 3. The maximum atomic E-state index is 13.5. The van der Waals surface area contributed by atoms with Gasteiger partial charge in [-0.2, -0.15) is 0 Å². The van der Waals surface area contributed by atoms with Crippen molar-refractivity contribution in [3.05, 3.63) is 81.3 Å². The maximum absolute atomic E-state index is 13.5. The number of carbonyl (C=O) groups is 3. The summed E-state index contributed by atoms with van der Waals surface area (Å²) in [5.41, 5.74) is 2.55. The number of ether oxygens (including phenoxy) is 2. The molecule has 9 nitrogen and oxygen atoms in total. The molecule has 2 aromatic carbocycles. The minimum Gasteiger partial charge on any atom is -0.493 e. The molecule has 0 saturated carbocycles. The van der Waals surface area contributed by atoms with Crippen LogP contribution in [0.4, 0.5) is 0 Å². The van der Waals surface area contributed by atoms with E-state index in [-0.39, 0.29) is 30.2 Å². The number of carbonyl (C=O) groups excluding carboxylic acids is 3. The number of nitrogens with one attached hydrogen (secondary N) is 1. The van der Waals surface area contributed by atoms with Crippen molar-refractivity contribution in [2.75, 3.05) is 46.4 Å². The molecule has 0 radical (unpaired) electrons. The van der Waals surface area contributed by atoms with Crippen LogP contribution in [-0.4, -0.2) is 78.9 Å². The lowest BCUT2D eigenvalue weighted by molar-refractivity contribution is -0.126. The van der Waals surface area contributed by atoms with Crippen LogP contribution in [0.2, 0.25) is 0 Å². The highest BCUT2D eigenvalue weighted by Crippen LogP contribution is 2.38. The van der Waals surface area contributed by atoms with Crippen molar-refractivity contribution in [1.29, 1.82) is 0 Å². The standard InChI is InChI=1S/C32H36N4O5S/c1-21-30(42-22(2)34-21)32(39)35-15-7-14-33-31(38)26-20-36(29(37)13-10-23-8-5-4-6-9-23)19-25(26)24-11-12-27(40-3)28(18-24)41-17-16-35/h4-6,8-13,18,25-26H,7,14-17,19-20H2,1-3H3,(H,33,38)/t25-,26+/m1/s1. The van der Waals surface area contributed by atoms with E-state index in [4.69, 9.17) is 9.47 Å². The highest BCUT2D eigenvalue weighted by molar-refractivity contribution is 7.13. The van der Waals surface area contributed by atoms with Crippen molar-refractivity contribution in [3.8, 4) is 11.5 Å². The molecule has 1 aromatic heterocycles. The molecule has 1 fully saturated rings. The first-order valence-electron chi connectivity index (χ1n) is 14.2. The van der Waals surface area contributed by atoms with Gasteiger partial charge in [0.2, 0.25) is 11.8 Å². The number of fused-ring (bicyclic) bond motifs is 4. The number of hydrogen-bond acceptors (Lipinski definition) is 7. The first-order valence-corrected chi connectivity index (χ1v) is 15.0. The molecule has 5 rings (SSSR count). The van der Waals surface area contributed by atoms with Gasteiger partial charge in [0.25, 0.3) is 5.91 Å². The normalized spacial score (nSPS) is 19.5. The number of hydrogen-bond donors (Lipinski definition) is 1. The van der Waals surface area contributed by atoms with Crippen LogP contribution in [0.25, 0.3) is 6.08 Å². The number of benzene rings is 2. The summed E-state index contributed by atoms with van der Waals surface area (Å²) in [6.07, 6.45) is 3.94. The van der Waals surface area contributed by atoms with Crippen LogP contribution in [0, 0.1) is 19.8 Å². The van der Waals surface area contributed by atoms with Crippen molar-refractivity contribution in [3.63, 3.8) is 0 Å². The van der Waals surface area contributed by atoms with Crippen LogP contribution in [0.1, 0.15) is 43.8 Å². The third-order valence-electron chi connectivity index (χ3n) is 7.71. The molecule has 2 atom stereocenters. The van der Waals surface area contributed by atoms with Gasteiger partial charge in [0.1, 0.15) is 11.5 Å². The van der Waals surface area contributed by atoms with Crippen molar-refractivity contribution in [2.45, 2.75) is 26.2 Å². The first-order chi connectivity index (χ1) is 20.3.